The third-order valence-corrected chi connectivity index (χ3v) is 12.3. The summed E-state index contributed by atoms with van der Waals surface area (Å²) in [5, 5.41) is 0. The van der Waals surface area contributed by atoms with E-state index in [0.29, 0.717) is 59.1 Å². The van der Waals surface area contributed by atoms with Crippen LogP contribution in [-0.4, -0.2) is 87.3 Å². The molecule has 13 unspecified atom stereocenters. The normalized spacial score (nSPS) is 31.4. The van der Waals surface area contributed by atoms with E-state index in [0.717, 1.165) is 22.3 Å². The topological polar surface area (TPSA) is 92.3 Å². The van der Waals surface area contributed by atoms with Crippen LogP contribution < -0.4 is 0 Å². The zero-order chi connectivity index (χ0) is 43.1. The van der Waals surface area contributed by atoms with Gasteiger partial charge in [-0.15, -0.1) is 6.58 Å². The lowest BCUT2D eigenvalue weighted by Crippen LogP contribution is -2.61. The van der Waals surface area contributed by atoms with Gasteiger partial charge in [-0.1, -0.05) is 148 Å². The van der Waals surface area contributed by atoms with Crippen LogP contribution in [0.1, 0.15) is 62.8 Å². The standard InChI is InChI=1S/C52H66O10/c1-6-29-55-47-37(4)45(35-53-31-39-20-12-8-13-21-39)61-52(50(47)58-34-42-26-18-11-19-27-42)60-44-28-30-54-43(7-2)48(44)62-51-49(57-33-41-24-16-10-17-25-41)46(36(3)38(5)59-51)56-32-40-22-14-9-15-23-40/h6,8-27,36-38,43-52H,1,7,28-35H2,2-5H3. The summed E-state index contributed by atoms with van der Waals surface area (Å²) in [6.07, 6.45) is -2.20. The highest BCUT2D eigenvalue weighted by atomic mass is 16.8. The molecule has 0 amide bonds. The molecule has 10 heteroatoms. The lowest BCUT2D eigenvalue weighted by atomic mass is 9.90. The van der Waals surface area contributed by atoms with Crippen LogP contribution in [0.15, 0.2) is 134 Å². The molecule has 3 aliphatic heterocycles. The highest BCUT2D eigenvalue weighted by Crippen LogP contribution is 2.38. The molecule has 334 valence electrons. The van der Waals surface area contributed by atoms with Crippen molar-refractivity contribution in [3.63, 3.8) is 0 Å². The second-order valence-electron chi connectivity index (χ2n) is 16.7. The Morgan fingerprint density at radius 3 is 1.55 bits per heavy atom. The highest BCUT2D eigenvalue weighted by molar-refractivity contribution is 5.16. The minimum atomic E-state index is -0.819. The van der Waals surface area contributed by atoms with Crippen LogP contribution in [0.25, 0.3) is 0 Å². The van der Waals surface area contributed by atoms with E-state index in [1.54, 1.807) is 6.08 Å². The highest BCUT2D eigenvalue weighted by Gasteiger charge is 2.51. The second kappa shape index (κ2) is 23.8. The SMILES string of the molecule is C=CCOC1C(C)C(COCc2ccccc2)OC(OC2CCOC(CC)C2OC2OC(C)C(C)C(OCc3ccccc3)C2OCc2ccccc2)C1OCc1ccccc1. The van der Waals surface area contributed by atoms with E-state index in [1.807, 2.05) is 72.8 Å². The Bertz CT molecular complexity index is 1850. The Morgan fingerprint density at radius 1 is 0.548 bits per heavy atom. The Kier molecular flexibility index (Phi) is 17.7. The fourth-order valence-electron chi connectivity index (χ4n) is 8.60. The van der Waals surface area contributed by atoms with Gasteiger partial charge < -0.3 is 47.4 Å². The maximum atomic E-state index is 7.18. The Hall–Kier alpha value is -3.78. The van der Waals surface area contributed by atoms with Gasteiger partial charge in [0.25, 0.3) is 0 Å². The smallest absolute Gasteiger partial charge is 0.187 e. The molecule has 0 radical (unpaired) electrons. The van der Waals surface area contributed by atoms with Gasteiger partial charge in [0.05, 0.1) is 76.3 Å². The van der Waals surface area contributed by atoms with Gasteiger partial charge in [0.15, 0.2) is 12.6 Å². The molecule has 7 rings (SSSR count). The summed E-state index contributed by atoms with van der Waals surface area (Å²) < 4.78 is 67.6. The molecule has 0 aliphatic carbocycles. The molecule has 0 aromatic heterocycles. The first-order chi connectivity index (χ1) is 30.4. The molecule has 0 saturated carbocycles. The van der Waals surface area contributed by atoms with Crippen molar-refractivity contribution in [3.8, 4) is 0 Å². The van der Waals surface area contributed by atoms with E-state index in [4.69, 9.17) is 47.4 Å². The first-order valence-corrected chi connectivity index (χ1v) is 22.5. The van der Waals surface area contributed by atoms with Crippen molar-refractivity contribution < 1.29 is 47.4 Å². The van der Waals surface area contributed by atoms with Gasteiger partial charge in [-0.3, -0.25) is 0 Å². The van der Waals surface area contributed by atoms with E-state index < -0.39 is 37.0 Å². The van der Waals surface area contributed by atoms with Gasteiger partial charge in [0.1, 0.15) is 18.3 Å². The maximum absolute atomic E-state index is 7.18. The molecular formula is C52H66O10. The molecule has 0 N–H and O–H groups in total. The third-order valence-electron chi connectivity index (χ3n) is 12.3. The molecule has 0 bridgehead atoms. The Balaban J connectivity index is 1.15. The summed E-state index contributed by atoms with van der Waals surface area (Å²) in [6, 6.07) is 40.6. The molecular weight excluding hydrogens is 785 g/mol. The molecule has 3 aliphatic rings. The van der Waals surface area contributed by atoms with Crippen molar-refractivity contribution >= 4 is 0 Å². The van der Waals surface area contributed by atoms with E-state index in [2.05, 4.69) is 82.8 Å². The minimum Gasteiger partial charge on any atom is -0.375 e. The van der Waals surface area contributed by atoms with E-state index >= 15 is 0 Å². The maximum Gasteiger partial charge on any atom is 0.187 e. The van der Waals surface area contributed by atoms with Crippen LogP contribution in [0, 0.1) is 11.8 Å². The number of ether oxygens (including phenoxy) is 10. The zero-order valence-electron chi connectivity index (χ0n) is 36.8. The van der Waals surface area contributed by atoms with Gasteiger partial charge in [-0.25, -0.2) is 0 Å². The predicted octanol–water partition coefficient (Wildman–Crippen LogP) is 9.24. The fraction of sp³-hybridized carbons (Fsp3) is 0.500. The monoisotopic (exact) mass is 850 g/mol. The van der Waals surface area contributed by atoms with Crippen molar-refractivity contribution in [2.75, 3.05) is 19.8 Å². The number of hydrogen-bond donors (Lipinski definition) is 0. The zero-order valence-corrected chi connectivity index (χ0v) is 36.8. The lowest BCUT2D eigenvalue weighted by molar-refractivity contribution is -0.357. The van der Waals surface area contributed by atoms with Crippen LogP contribution in [-0.2, 0) is 73.8 Å². The van der Waals surface area contributed by atoms with Gasteiger partial charge >= 0.3 is 0 Å². The third kappa shape index (κ3) is 12.5. The summed E-state index contributed by atoms with van der Waals surface area (Å²) in [7, 11) is 0. The number of benzene rings is 4. The molecule has 62 heavy (non-hydrogen) atoms. The van der Waals surface area contributed by atoms with Crippen LogP contribution in [0.3, 0.4) is 0 Å². The molecule has 13 atom stereocenters. The van der Waals surface area contributed by atoms with Crippen LogP contribution in [0.5, 0.6) is 0 Å². The average Bonchev–Trinajstić information content (AvgIpc) is 3.31. The number of hydrogen-bond acceptors (Lipinski definition) is 10. The van der Waals surface area contributed by atoms with Crippen LogP contribution in [0.4, 0.5) is 0 Å². The van der Waals surface area contributed by atoms with Crippen LogP contribution in [0.2, 0.25) is 0 Å². The first-order valence-electron chi connectivity index (χ1n) is 22.5. The molecule has 0 spiro atoms. The van der Waals surface area contributed by atoms with Gasteiger partial charge in [-0.05, 0) is 42.0 Å². The van der Waals surface area contributed by atoms with E-state index in [-0.39, 0.29) is 42.4 Å². The first kappa shape index (κ1) is 46.2. The fourth-order valence-corrected chi connectivity index (χ4v) is 8.60. The van der Waals surface area contributed by atoms with Crippen molar-refractivity contribution in [1.82, 2.24) is 0 Å². The minimum absolute atomic E-state index is 0.0182. The van der Waals surface area contributed by atoms with Gasteiger partial charge in [-0.2, -0.15) is 0 Å². The molecule has 3 fully saturated rings. The molecule has 4 aromatic carbocycles. The van der Waals surface area contributed by atoms with E-state index in [9.17, 15) is 0 Å². The predicted molar refractivity (Wildman–Crippen MR) is 237 cm³/mol. The average molecular weight is 851 g/mol. The summed E-state index contributed by atoms with van der Waals surface area (Å²) in [6.45, 7) is 15.2. The quantitative estimate of drug-likeness (QED) is 0.0756. The molecule has 3 saturated heterocycles. The molecule has 3 heterocycles. The lowest BCUT2D eigenvalue weighted by Gasteiger charge is -2.49. The second-order valence-corrected chi connectivity index (χ2v) is 16.7. The summed E-state index contributed by atoms with van der Waals surface area (Å²) in [4.78, 5) is 0. The molecule has 4 aromatic rings. The summed E-state index contributed by atoms with van der Waals surface area (Å²) >= 11 is 0. The largest absolute Gasteiger partial charge is 0.375 e. The van der Waals surface area contributed by atoms with Gasteiger partial charge in [0, 0.05) is 18.4 Å². The van der Waals surface area contributed by atoms with Crippen molar-refractivity contribution in [2.24, 2.45) is 11.8 Å². The summed E-state index contributed by atoms with van der Waals surface area (Å²) in [5.74, 6) is -0.0735. The van der Waals surface area contributed by atoms with Crippen molar-refractivity contribution in [2.45, 2.75) is 134 Å². The van der Waals surface area contributed by atoms with Crippen LogP contribution >= 0.6 is 0 Å². The Labute approximate surface area is 368 Å². The van der Waals surface area contributed by atoms with Crippen molar-refractivity contribution in [1.29, 1.82) is 0 Å². The summed E-state index contributed by atoms with van der Waals surface area (Å²) in [5.41, 5.74) is 4.26. The Morgan fingerprint density at radius 2 is 1.03 bits per heavy atom. The van der Waals surface area contributed by atoms with Crippen molar-refractivity contribution in [3.05, 3.63) is 156 Å². The van der Waals surface area contributed by atoms with E-state index in [1.165, 1.54) is 0 Å². The number of rotatable bonds is 21. The molecule has 10 nitrogen and oxygen atoms in total. The van der Waals surface area contributed by atoms with Gasteiger partial charge in [0.2, 0.25) is 0 Å².